The highest BCUT2D eigenvalue weighted by Gasteiger charge is 2.34. The molecular formula is C16H17F3N4O. The molecule has 0 aliphatic carbocycles. The Morgan fingerprint density at radius 1 is 1.38 bits per heavy atom. The fourth-order valence-electron chi connectivity index (χ4n) is 2.77. The molecule has 3 rings (SSSR count). The van der Waals surface area contributed by atoms with Crippen LogP contribution in [0.5, 0.6) is 0 Å². The normalized spacial score (nSPS) is 18.4. The summed E-state index contributed by atoms with van der Waals surface area (Å²) in [6.45, 7) is 0.905. The van der Waals surface area contributed by atoms with E-state index in [9.17, 15) is 18.0 Å². The molecule has 0 saturated carbocycles. The summed E-state index contributed by atoms with van der Waals surface area (Å²) in [4.78, 5) is 13.5. The number of aromatic nitrogens is 2. The Labute approximate surface area is 137 Å². The lowest BCUT2D eigenvalue weighted by Gasteiger charge is -2.18. The lowest BCUT2D eigenvalue weighted by Crippen LogP contribution is -2.32. The third kappa shape index (κ3) is 3.59. The monoisotopic (exact) mass is 338 g/mol. The first-order valence-corrected chi connectivity index (χ1v) is 7.51. The molecule has 8 heteroatoms. The SMILES string of the molecule is Cn1cc(CNC2CC(=O)N(c3cccc(C(F)(F)F)c3)C2)cn1. The van der Waals surface area contributed by atoms with Gasteiger partial charge in [0.05, 0.1) is 11.8 Å². The van der Waals surface area contributed by atoms with E-state index in [0.717, 1.165) is 17.7 Å². The van der Waals surface area contributed by atoms with Gasteiger partial charge in [-0.3, -0.25) is 9.48 Å². The molecule has 1 atom stereocenters. The number of hydrogen-bond donors (Lipinski definition) is 1. The van der Waals surface area contributed by atoms with Crippen LogP contribution in [0.3, 0.4) is 0 Å². The molecule has 24 heavy (non-hydrogen) atoms. The average Bonchev–Trinajstić information content (AvgIpc) is 3.10. The summed E-state index contributed by atoms with van der Waals surface area (Å²) in [6.07, 6.45) is -0.560. The maximum absolute atomic E-state index is 12.8. The van der Waals surface area contributed by atoms with Crippen molar-refractivity contribution in [3.05, 3.63) is 47.8 Å². The molecule has 1 aliphatic heterocycles. The van der Waals surface area contributed by atoms with Crippen molar-refractivity contribution >= 4 is 11.6 Å². The molecule has 1 fully saturated rings. The van der Waals surface area contributed by atoms with Crippen molar-refractivity contribution < 1.29 is 18.0 Å². The number of hydrogen-bond acceptors (Lipinski definition) is 3. The second-order valence-corrected chi connectivity index (χ2v) is 5.86. The Morgan fingerprint density at radius 2 is 2.17 bits per heavy atom. The van der Waals surface area contributed by atoms with Gasteiger partial charge in [-0.2, -0.15) is 18.3 Å². The first-order chi connectivity index (χ1) is 11.3. The number of rotatable bonds is 4. The molecule has 2 heterocycles. The number of halogens is 3. The number of nitrogens with zero attached hydrogens (tertiary/aromatic N) is 3. The molecule has 1 aromatic carbocycles. The summed E-state index contributed by atoms with van der Waals surface area (Å²) < 4.78 is 40.1. The lowest BCUT2D eigenvalue weighted by molar-refractivity contribution is -0.137. The largest absolute Gasteiger partial charge is 0.416 e. The van der Waals surface area contributed by atoms with E-state index in [1.54, 1.807) is 10.9 Å². The molecule has 0 radical (unpaired) electrons. The summed E-state index contributed by atoms with van der Waals surface area (Å²) in [5.41, 5.74) is 0.516. The van der Waals surface area contributed by atoms with Gasteiger partial charge >= 0.3 is 6.18 Å². The fraction of sp³-hybridized carbons (Fsp3) is 0.375. The predicted octanol–water partition coefficient (Wildman–Crippen LogP) is 2.33. The van der Waals surface area contributed by atoms with Gasteiger partial charge in [0.15, 0.2) is 0 Å². The maximum atomic E-state index is 12.8. The van der Waals surface area contributed by atoms with Gasteiger partial charge in [-0.15, -0.1) is 0 Å². The highest BCUT2D eigenvalue weighted by atomic mass is 19.4. The predicted molar refractivity (Wildman–Crippen MR) is 82.2 cm³/mol. The molecule has 128 valence electrons. The van der Waals surface area contributed by atoms with Gasteiger partial charge in [0, 0.05) is 50.0 Å². The van der Waals surface area contributed by atoms with E-state index < -0.39 is 11.7 Å². The minimum atomic E-state index is -4.42. The number of anilines is 1. The van der Waals surface area contributed by atoms with Gasteiger partial charge < -0.3 is 10.2 Å². The molecule has 1 aromatic heterocycles. The average molecular weight is 338 g/mol. The number of carbonyl (C=O) groups excluding carboxylic acids is 1. The minimum Gasteiger partial charge on any atom is -0.311 e. The zero-order valence-corrected chi connectivity index (χ0v) is 13.0. The minimum absolute atomic E-state index is 0.104. The number of amides is 1. The van der Waals surface area contributed by atoms with Crippen LogP contribution in [0, 0.1) is 0 Å². The van der Waals surface area contributed by atoms with Crippen molar-refractivity contribution in [3.8, 4) is 0 Å². The molecule has 0 bridgehead atoms. The van der Waals surface area contributed by atoms with E-state index in [0.29, 0.717) is 13.1 Å². The highest BCUT2D eigenvalue weighted by Crippen LogP contribution is 2.32. The van der Waals surface area contributed by atoms with Crippen LogP contribution < -0.4 is 10.2 Å². The van der Waals surface area contributed by atoms with Crippen molar-refractivity contribution in [2.75, 3.05) is 11.4 Å². The number of alkyl halides is 3. The first-order valence-electron chi connectivity index (χ1n) is 7.51. The molecule has 2 aromatic rings. The Balaban J connectivity index is 1.66. The number of benzene rings is 1. The van der Waals surface area contributed by atoms with Crippen molar-refractivity contribution in [2.24, 2.45) is 7.05 Å². The summed E-state index contributed by atoms with van der Waals surface area (Å²) in [5, 5.41) is 7.31. The zero-order chi connectivity index (χ0) is 17.3. The quantitative estimate of drug-likeness (QED) is 0.931. The van der Waals surface area contributed by atoms with E-state index in [-0.39, 0.29) is 24.1 Å². The molecule has 1 N–H and O–H groups in total. The molecule has 0 spiro atoms. The van der Waals surface area contributed by atoms with Gasteiger partial charge in [-0.25, -0.2) is 0 Å². The lowest BCUT2D eigenvalue weighted by atomic mass is 10.2. The van der Waals surface area contributed by atoms with Crippen LogP contribution in [-0.4, -0.2) is 28.3 Å². The second kappa shape index (κ2) is 6.27. The Bertz CT molecular complexity index is 741. The Hall–Kier alpha value is -2.35. The number of carbonyl (C=O) groups is 1. The van der Waals surface area contributed by atoms with Crippen LogP contribution in [0.15, 0.2) is 36.7 Å². The maximum Gasteiger partial charge on any atom is 0.416 e. The van der Waals surface area contributed by atoms with Crippen molar-refractivity contribution in [2.45, 2.75) is 25.2 Å². The van der Waals surface area contributed by atoms with Gasteiger partial charge in [0.25, 0.3) is 0 Å². The van der Waals surface area contributed by atoms with E-state index in [4.69, 9.17) is 0 Å². The van der Waals surface area contributed by atoms with Crippen LogP contribution in [-0.2, 0) is 24.6 Å². The van der Waals surface area contributed by atoms with Gasteiger partial charge in [-0.1, -0.05) is 6.07 Å². The second-order valence-electron chi connectivity index (χ2n) is 5.86. The zero-order valence-electron chi connectivity index (χ0n) is 13.0. The van der Waals surface area contributed by atoms with Crippen LogP contribution >= 0.6 is 0 Å². The van der Waals surface area contributed by atoms with Crippen LogP contribution in [0.2, 0.25) is 0 Å². The third-order valence-corrected chi connectivity index (χ3v) is 3.96. The third-order valence-electron chi connectivity index (χ3n) is 3.96. The standard InChI is InChI=1S/C16H17F3N4O/c1-22-9-11(8-21-22)7-20-13-6-15(24)23(10-13)14-4-2-3-12(5-14)16(17,18)19/h2-5,8-9,13,20H,6-7,10H2,1H3. The smallest absolute Gasteiger partial charge is 0.311 e. The summed E-state index contributed by atoms with van der Waals surface area (Å²) in [6, 6.07) is 4.76. The number of nitrogens with one attached hydrogen (secondary N) is 1. The molecule has 5 nitrogen and oxygen atoms in total. The molecule has 1 aliphatic rings. The van der Waals surface area contributed by atoms with Crippen molar-refractivity contribution in [3.63, 3.8) is 0 Å². The summed E-state index contributed by atoms with van der Waals surface area (Å²) >= 11 is 0. The van der Waals surface area contributed by atoms with Crippen LogP contribution in [0.4, 0.5) is 18.9 Å². The molecule has 1 unspecified atom stereocenters. The van der Waals surface area contributed by atoms with E-state index >= 15 is 0 Å². The van der Waals surface area contributed by atoms with Crippen LogP contribution in [0.25, 0.3) is 0 Å². The van der Waals surface area contributed by atoms with E-state index in [2.05, 4.69) is 10.4 Å². The Kier molecular flexibility index (Phi) is 4.31. The van der Waals surface area contributed by atoms with Crippen molar-refractivity contribution in [1.29, 1.82) is 0 Å². The van der Waals surface area contributed by atoms with Crippen molar-refractivity contribution in [1.82, 2.24) is 15.1 Å². The van der Waals surface area contributed by atoms with Gasteiger partial charge in [-0.05, 0) is 18.2 Å². The van der Waals surface area contributed by atoms with E-state index in [1.165, 1.54) is 17.0 Å². The Morgan fingerprint density at radius 3 is 2.83 bits per heavy atom. The highest BCUT2D eigenvalue weighted by molar-refractivity contribution is 5.96. The van der Waals surface area contributed by atoms with Crippen LogP contribution in [0.1, 0.15) is 17.5 Å². The fourth-order valence-corrected chi connectivity index (χ4v) is 2.77. The molecular weight excluding hydrogens is 321 g/mol. The number of aryl methyl sites for hydroxylation is 1. The summed E-state index contributed by atoms with van der Waals surface area (Å²) in [5.74, 6) is -0.182. The van der Waals surface area contributed by atoms with E-state index in [1.807, 2.05) is 13.2 Å². The topological polar surface area (TPSA) is 50.2 Å². The van der Waals surface area contributed by atoms with Gasteiger partial charge in [0.1, 0.15) is 0 Å². The van der Waals surface area contributed by atoms with Gasteiger partial charge in [0.2, 0.25) is 5.91 Å². The summed E-state index contributed by atoms with van der Waals surface area (Å²) in [7, 11) is 1.82. The molecule has 1 saturated heterocycles. The first kappa shape index (κ1) is 16.5. The molecule has 1 amide bonds.